The minimum Gasteiger partial charge on any atom is -0.387 e. The lowest BCUT2D eigenvalue weighted by atomic mass is 10.2. The molecule has 1 heterocycles. The number of carbonyl (C=O) groups excluding carboxylic acids is 1. The molecule has 0 radical (unpaired) electrons. The molecule has 2 aromatic rings. The van der Waals surface area contributed by atoms with E-state index in [0.29, 0.717) is 12.1 Å². The van der Waals surface area contributed by atoms with Gasteiger partial charge in [-0.15, -0.1) is 5.10 Å². The number of aryl methyl sites for hydroxylation is 1. The van der Waals surface area contributed by atoms with Gasteiger partial charge in [-0.05, 0) is 25.0 Å². The predicted molar refractivity (Wildman–Crippen MR) is 75.1 cm³/mol. The van der Waals surface area contributed by atoms with Crippen molar-refractivity contribution in [3.63, 3.8) is 0 Å². The molecule has 1 aromatic heterocycles. The number of nitrogens with one attached hydrogen (secondary N) is 1. The number of carbonyl (C=O) groups is 1. The lowest BCUT2D eigenvalue weighted by Crippen LogP contribution is -2.19. The highest BCUT2D eigenvalue weighted by molar-refractivity contribution is 5.91. The van der Waals surface area contributed by atoms with Crippen LogP contribution in [-0.2, 0) is 11.3 Å². The molecule has 0 aliphatic rings. The number of amides is 1. The molecule has 0 saturated heterocycles. The third kappa shape index (κ3) is 3.42. The van der Waals surface area contributed by atoms with Gasteiger partial charge in [0, 0.05) is 5.69 Å². The van der Waals surface area contributed by atoms with Crippen LogP contribution in [0.1, 0.15) is 30.7 Å². The maximum atomic E-state index is 11.9. The fourth-order valence-corrected chi connectivity index (χ4v) is 1.80. The van der Waals surface area contributed by atoms with Gasteiger partial charge >= 0.3 is 0 Å². The molecule has 1 unspecified atom stereocenters. The molecule has 0 saturated carbocycles. The van der Waals surface area contributed by atoms with Gasteiger partial charge in [-0.3, -0.25) is 4.79 Å². The lowest BCUT2D eigenvalue weighted by molar-refractivity contribution is -0.116. The van der Waals surface area contributed by atoms with Crippen molar-refractivity contribution >= 4 is 11.6 Å². The van der Waals surface area contributed by atoms with Crippen molar-refractivity contribution in [3.05, 3.63) is 41.7 Å². The molecule has 1 amide bonds. The van der Waals surface area contributed by atoms with Crippen LogP contribution >= 0.6 is 0 Å². The topological polar surface area (TPSA) is 80.0 Å². The zero-order valence-corrected chi connectivity index (χ0v) is 11.6. The van der Waals surface area contributed by atoms with E-state index in [-0.39, 0.29) is 12.5 Å². The van der Waals surface area contributed by atoms with Crippen LogP contribution in [0.5, 0.6) is 0 Å². The Balaban J connectivity index is 1.98. The predicted octanol–water partition coefficient (Wildman–Crippen LogP) is 1.67. The first-order chi connectivity index (χ1) is 9.60. The Labute approximate surface area is 117 Å². The molecule has 6 heteroatoms. The van der Waals surface area contributed by atoms with Gasteiger partial charge < -0.3 is 10.4 Å². The minimum absolute atomic E-state index is 0.0672. The molecule has 106 valence electrons. The second kappa shape index (κ2) is 6.29. The molecule has 0 fully saturated rings. The van der Waals surface area contributed by atoms with Crippen molar-refractivity contribution in [2.45, 2.75) is 32.9 Å². The number of nitrogens with zero attached hydrogens (tertiary/aromatic N) is 3. The largest absolute Gasteiger partial charge is 0.387 e. The van der Waals surface area contributed by atoms with Crippen LogP contribution < -0.4 is 5.32 Å². The van der Waals surface area contributed by atoms with E-state index in [0.717, 1.165) is 11.3 Å². The van der Waals surface area contributed by atoms with Crippen molar-refractivity contribution in [1.29, 1.82) is 0 Å². The van der Waals surface area contributed by atoms with Gasteiger partial charge in [0.1, 0.15) is 12.2 Å². The summed E-state index contributed by atoms with van der Waals surface area (Å²) < 4.78 is 1.42. The molecule has 1 atom stereocenters. The monoisotopic (exact) mass is 274 g/mol. The SMILES string of the molecule is CCC(O)c1cn(CC(=O)Nc2ccccc2C)nn1. The molecule has 0 aliphatic carbocycles. The number of hydrogen-bond donors (Lipinski definition) is 2. The number of rotatable bonds is 5. The molecular formula is C14H18N4O2. The van der Waals surface area contributed by atoms with E-state index in [4.69, 9.17) is 0 Å². The van der Waals surface area contributed by atoms with Crippen molar-refractivity contribution in [2.75, 3.05) is 5.32 Å². The highest BCUT2D eigenvalue weighted by atomic mass is 16.3. The van der Waals surface area contributed by atoms with E-state index in [1.54, 1.807) is 6.20 Å². The van der Waals surface area contributed by atoms with Crippen molar-refractivity contribution in [1.82, 2.24) is 15.0 Å². The molecule has 2 rings (SSSR count). The summed E-state index contributed by atoms with van der Waals surface area (Å²) in [5.74, 6) is -0.179. The maximum Gasteiger partial charge on any atom is 0.246 e. The Bertz CT molecular complexity index is 594. The van der Waals surface area contributed by atoms with Gasteiger partial charge in [0.15, 0.2) is 0 Å². The number of para-hydroxylation sites is 1. The average molecular weight is 274 g/mol. The van der Waals surface area contributed by atoms with E-state index in [1.165, 1.54) is 4.68 Å². The maximum absolute atomic E-state index is 11.9. The number of aliphatic hydroxyl groups excluding tert-OH is 1. The summed E-state index contributed by atoms with van der Waals surface area (Å²) in [7, 11) is 0. The smallest absolute Gasteiger partial charge is 0.246 e. The van der Waals surface area contributed by atoms with E-state index in [2.05, 4.69) is 15.6 Å². The van der Waals surface area contributed by atoms with Crippen LogP contribution in [0.25, 0.3) is 0 Å². The van der Waals surface area contributed by atoms with Crippen molar-refractivity contribution in [3.8, 4) is 0 Å². The molecular weight excluding hydrogens is 256 g/mol. The third-order valence-corrected chi connectivity index (χ3v) is 3.01. The van der Waals surface area contributed by atoms with Crippen molar-refractivity contribution in [2.24, 2.45) is 0 Å². The quantitative estimate of drug-likeness (QED) is 0.869. The van der Waals surface area contributed by atoms with Gasteiger partial charge in [0.2, 0.25) is 5.91 Å². The van der Waals surface area contributed by atoms with Crippen molar-refractivity contribution < 1.29 is 9.90 Å². The summed E-state index contributed by atoms with van der Waals surface area (Å²) >= 11 is 0. The second-order valence-electron chi connectivity index (χ2n) is 4.63. The summed E-state index contributed by atoms with van der Waals surface area (Å²) in [6.07, 6.45) is 1.52. The number of hydrogen-bond acceptors (Lipinski definition) is 4. The molecule has 0 bridgehead atoms. The highest BCUT2D eigenvalue weighted by Crippen LogP contribution is 2.14. The molecule has 1 aromatic carbocycles. The first-order valence-corrected chi connectivity index (χ1v) is 6.53. The first-order valence-electron chi connectivity index (χ1n) is 6.53. The number of anilines is 1. The molecule has 20 heavy (non-hydrogen) atoms. The van der Waals surface area contributed by atoms with E-state index < -0.39 is 6.10 Å². The van der Waals surface area contributed by atoms with Crippen LogP contribution in [0.15, 0.2) is 30.5 Å². The Morgan fingerprint density at radius 3 is 2.90 bits per heavy atom. The van der Waals surface area contributed by atoms with Gasteiger partial charge in [-0.2, -0.15) is 0 Å². The Morgan fingerprint density at radius 2 is 2.20 bits per heavy atom. The number of aromatic nitrogens is 3. The zero-order chi connectivity index (χ0) is 14.5. The fourth-order valence-electron chi connectivity index (χ4n) is 1.80. The Kier molecular flexibility index (Phi) is 4.47. The van der Waals surface area contributed by atoms with Gasteiger partial charge in [-0.25, -0.2) is 4.68 Å². The molecule has 2 N–H and O–H groups in total. The van der Waals surface area contributed by atoms with Crippen LogP contribution in [0.3, 0.4) is 0 Å². The minimum atomic E-state index is -0.636. The Hall–Kier alpha value is -2.21. The highest BCUT2D eigenvalue weighted by Gasteiger charge is 2.11. The van der Waals surface area contributed by atoms with E-state index >= 15 is 0 Å². The summed E-state index contributed by atoms with van der Waals surface area (Å²) in [5, 5.41) is 20.1. The van der Waals surface area contributed by atoms with Crippen LogP contribution in [-0.4, -0.2) is 26.0 Å². The lowest BCUT2D eigenvalue weighted by Gasteiger charge is -2.07. The van der Waals surface area contributed by atoms with Gasteiger partial charge in [0.05, 0.1) is 12.3 Å². The van der Waals surface area contributed by atoms with Gasteiger partial charge in [0.25, 0.3) is 0 Å². The molecule has 6 nitrogen and oxygen atoms in total. The fraction of sp³-hybridized carbons (Fsp3) is 0.357. The standard InChI is InChI=1S/C14H18N4O2/c1-3-13(19)12-8-18(17-16-12)9-14(20)15-11-7-5-4-6-10(11)2/h4-8,13,19H,3,9H2,1-2H3,(H,15,20). The summed E-state index contributed by atoms with van der Waals surface area (Å²) in [6, 6.07) is 7.57. The summed E-state index contributed by atoms with van der Waals surface area (Å²) in [5.41, 5.74) is 2.27. The average Bonchev–Trinajstić information content (AvgIpc) is 2.89. The number of aliphatic hydroxyl groups is 1. The van der Waals surface area contributed by atoms with Crippen LogP contribution in [0.4, 0.5) is 5.69 Å². The first kappa shape index (κ1) is 14.2. The summed E-state index contributed by atoms with van der Waals surface area (Å²) in [6.45, 7) is 3.85. The van der Waals surface area contributed by atoms with E-state index in [1.807, 2.05) is 38.1 Å². The number of benzene rings is 1. The van der Waals surface area contributed by atoms with Crippen LogP contribution in [0, 0.1) is 6.92 Å². The molecule has 0 aliphatic heterocycles. The molecule has 0 spiro atoms. The van der Waals surface area contributed by atoms with Crippen LogP contribution in [0.2, 0.25) is 0 Å². The summed E-state index contributed by atoms with van der Waals surface area (Å²) in [4.78, 5) is 11.9. The van der Waals surface area contributed by atoms with E-state index in [9.17, 15) is 9.90 Å². The third-order valence-electron chi connectivity index (χ3n) is 3.01. The second-order valence-corrected chi connectivity index (χ2v) is 4.63. The zero-order valence-electron chi connectivity index (χ0n) is 11.6. The Morgan fingerprint density at radius 1 is 1.45 bits per heavy atom. The van der Waals surface area contributed by atoms with Gasteiger partial charge in [-0.1, -0.05) is 30.3 Å². The normalized spacial score (nSPS) is 12.2.